The van der Waals surface area contributed by atoms with E-state index in [1.807, 2.05) is 18.2 Å². The van der Waals surface area contributed by atoms with Crippen molar-refractivity contribution in [2.24, 2.45) is 9.98 Å². The van der Waals surface area contributed by atoms with Crippen molar-refractivity contribution in [1.29, 1.82) is 0 Å². The minimum absolute atomic E-state index is 0.472. The van der Waals surface area contributed by atoms with E-state index in [1.54, 1.807) is 49.4 Å². The SMILES string of the molecule is C(=NC(N=Cc1ccco1)c1ccco1)c1ccco1. The third-order valence-corrected chi connectivity index (χ3v) is 2.57. The topological polar surface area (TPSA) is 64.1 Å². The molecule has 0 saturated heterocycles. The molecule has 0 aliphatic carbocycles. The Hall–Kier alpha value is -2.82. The van der Waals surface area contributed by atoms with Crippen LogP contribution in [-0.4, -0.2) is 12.4 Å². The van der Waals surface area contributed by atoms with Gasteiger partial charge >= 0.3 is 0 Å². The molecule has 0 unspecified atom stereocenters. The summed E-state index contributed by atoms with van der Waals surface area (Å²) in [4.78, 5) is 8.71. The average molecular weight is 268 g/mol. The van der Waals surface area contributed by atoms with Gasteiger partial charge in [-0.25, -0.2) is 0 Å². The zero-order chi connectivity index (χ0) is 13.6. The van der Waals surface area contributed by atoms with E-state index in [0.29, 0.717) is 17.3 Å². The first-order chi connectivity index (χ1) is 9.92. The summed E-state index contributed by atoms with van der Waals surface area (Å²) in [6.07, 6.45) is 7.54. The summed E-state index contributed by atoms with van der Waals surface area (Å²) >= 11 is 0. The maximum Gasteiger partial charge on any atom is 0.197 e. The van der Waals surface area contributed by atoms with Gasteiger partial charge in [-0.15, -0.1) is 0 Å². The molecular formula is C15H12N2O3. The molecule has 0 aliphatic heterocycles. The van der Waals surface area contributed by atoms with Gasteiger partial charge in [0.25, 0.3) is 0 Å². The van der Waals surface area contributed by atoms with Crippen molar-refractivity contribution >= 4 is 12.4 Å². The van der Waals surface area contributed by atoms with Crippen LogP contribution in [0, 0.1) is 0 Å². The molecule has 3 heterocycles. The zero-order valence-corrected chi connectivity index (χ0v) is 10.5. The fourth-order valence-electron chi connectivity index (χ4n) is 1.64. The molecule has 0 spiro atoms. The second-order valence-electron chi connectivity index (χ2n) is 3.98. The molecule has 0 atom stereocenters. The molecule has 3 aromatic heterocycles. The van der Waals surface area contributed by atoms with Gasteiger partial charge in [0.15, 0.2) is 6.17 Å². The van der Waals surface area contributed by atoms with Crippen LogP contribution >= 0.6 is 0 Å². The van der Waals surface area contributed by atoms with Crippen molar-refractivity contribution in [2.45, 2.75) is 6.17 Å². The molecule has 0 saturated carbocycles. The number of furan rings is 3. The summed E-state index contributed by atoms with van der Waals surface area (Å²) in [5, 5.41) is 0. The first-order valence-electron chi connectivity index (χ1n) is 6.08. The standard InChI is InChI=1S/C15H12N2O3/c1-4-12(18-7-1)10-16-15(14-6-3-9-20-14)17-11-13-5-2-8-19-13/h1-11,15H. The molecule has 3 aromatic rings. The normalized spacial score (nSPS) is 13.4. The van der Waals surface area contributed by atoms with Crippen molar-refractivity contribution in [2.75, 3.05) is 0 Å². The molecule has 0 bridgehead atoms. The molecule has 100 valence electrons. The van der Waals surface area contributed by atoms with Gasteiger partial charge < -0.3 is 13.3 Å². The fraction of sp³-hybridized carbons (Fsp3) is 0.0667. The molecule has 0 aromatic carbocycles. The Kier molecular flexibility index (Phi) is 3.59. The first kappa shape index (κ1) is 12.2. The summed E-state index contributed by atoms with van der Waals surface area (Å²) in [7, 11) is 0. The van der Waals surface area contributed by atoms with Crippen LogP contribution in [-0.2, 0) is 0 Å². The lowest BCUT2D eigenvalue weighted by atomic mass is 10.3. The van der Waals surface area contributed by atoms with Crippen molar-refractivity contribution in [3.8, 4) is 0 Å². The lowest BCUT2D eigenvalue weighted by molar-refractivity contribution is 0.474. The number of aliphatic imine (C=N–C) groups is 2. The number of nitrogens with zero attached hydrogens (tertiary/aromatic N) is 2. The van der Waals surface area contributed by atoms with Crippen LogP contribution < -0.4 is 0 Å². The largest absolute Gasteiger partial charge is 0.465 e. The van der Waals surface area contributed by atoms with Gasteiger partial charge in [0.2, 0.25) is 0 Å². The first-order valence-corrected chi connectivity index (χ1v) is 6.08. The minimum atomic E-state index is -0.472. The maximum absolute atomic E-state index is 5.35. The Bertz CT molecular complexity index is 621. The molecule has 20 heavy (non-hydrogen) atoms. The molecule has 0 N–H and O–H groups in total. The summed E-state index contributed by atoms with van der Waals surface area (Å²) < 4.78 is 15.7. The highest BCUT2D eigenvalue weighted by molar-refractivity contribution is 5.77. The van der Waals surface area contributed by atoms with E-state index in [4.69, 9.17) is 13.3 Å². The third kappa shape index (κ3) is 2.95. The van der Waals surface area contributed by atoms with Crippen LogP contribution in [0.4, 0.5) is 0 Å². The van der Waals surface area contributed by atoms with E-state index in [-0.39, 0.29) is 0 Å². The van der Waals surface area contributed by atoms with Crippen molar-refractivity contribution in [3.05, 3.63) is 72.5 Å². The Balaban J connectivity index is 1.81. The molecule has 0 amide bonds. The van der Waals surface area contributed by atoms with Crippen LogP contribution in [0.25, 0.3) is 0 Å². The summed E-state index contributed by atoms with van der Waals surface area (Å²) in [5.74, 6) is 1.97. The average Bonchev–Trinajstić information content (AvgIpc) is 3.22. The van der Waals surface area contributed by atoms with Crippen LogP contribution in [0.2, 0.25) is 0 Å². The molecule has 0 radical (unpaired) electrons. The lowest BCUT2D eigenvalue weighted by Crippen LogP contribution is -1.92. The second kappa shape index (κ2) is 5.88. The smallest absolute Gasteiger partial charge is 0.197 e. The Morgan fingerprint density at radius 2 is 1.30 bits per heavy atom. The predicted molar refractivity (Wildman–Crippen MR) is 74.1 cm³/mol. The van der Waals surface area contributed by atoms with Crippen LogP contribution in [0.3, 0.4) is 0 Å². The zero-order valence-electron chi connectivity index (χ0n) is 10.5. The quantitative estimate of drug-likeness (QED) is 0.663. The van der Waals surface area contributed by atoms with Gasteiger partial charge in [0.05, 0.1) is 31.2 Å². The molecule has 3 rings (SSSR count). The van der Waals surface area contributed by atoms with E-state index in [0.717, 1.165) is 0 Å². The summed E-state index contributed by atoms with van der Waals surface area (Å²) in [6.45, 7) is 0. The second-order valence-corrected chi connectivity index (χ2v) is 3.98. The van der Waals surface area contributed by atoms with Crippen molar-refractivity contribution in [1.82, 2.24) is 0 Å². The van der Waals surface area contributed by atoms with E-state index in [1.165, 1.54) is 0 Å². The van der Waals surface area contributed by atoms with E-state index in [9.17, 15) is 0 Å². The van der Waals surface area contributed by atoms with Crippen LogP contribution in [0.15, 0.2) is 78.4 Å². The van der Waals surface area contributed by atoms with Crippen molar-refractivity contribution < 1.29 is 13.3 Å². The number of rotatable bonds is 5. The third-order valence-electron chi connectivity index (χ3n) is 2.57. The molecule has 5 heteroatoms. The van der Waals surface area contributed by atoms with Gasteiger partial charge in [0, 0.05) is 0 Å². The molecule has 5 nitrogen and oxygen atoms in total. The van der Waals surface area contributed by atoms with E-state index in [2.05, 4.69) is 9.98 Å². The van der Waals surface area contributed by atoms with Gasteiger partial charge in [-0.2, -0.15) is 0 Å². The molecule has 0 aliphatic rings. The predicted octanol–water partition coefficient (Wildman–Crippen LogP) is 3.70. The van der Waals surface area contributed by atoms with Crippen molar-refractivity contribution in [3.63, 3.8) is 0 Å². The Morgan fingerprint density at radius 1 is 0.750 bits per heavy atom. The highest BCUT2D eigenvalue weighted by atomic mass is 16.3. The highest BCUT2D eigenvalue weighted by Gasteiger charge is 2.10. The van der Waals surface area contributed by atoms with Gasteiger partial charge in [-0.05, 0) is 36.4 Å². The Labute approximate surface area is 115 Å². The fourth-order valence-corrected chi connectivity index (χ4v) is 1.64. The maximum atomic E-state index is 5.35. The van der Waals surface area contributed by atoms with E-state index >= 15 is 0 Å². The Morgan fingerprint density at radius 3 is 1.75 bits per heavy atom. The van der Waals surface area contributed by atoms with Crippen LogP contribution in [0.5, 0.6) is 0 Å². The summed E-state index contributed by atoms with van der Waals surface area (Å²) in [6, 6.07) is 10.9. The van der Waals surface area contributed by atoms with E-state index < -0.39 is 6.17 Å². The summed E-state index contributed by atoms with van der Waals surface area (Å²) in [5.41, 5.74) is 0. The highest BCUT2D eigenvalue weighted by Crippen LogP contribution is 2.19. The van der Waals surface area contributed by atoms with Crippen LogP contribution in [0.1, 0.15) is 23.4 Å². The number of hydrogen-bond acceptors (Lipinski definition) is 5. The van der Waals surface area contributed by atoms with Gasteiger partial charge in [-0.3, -0.25) is 9.98 Å². The number of hydrogen-bond donors (Lipinski definition) is 0. The molecule has 0 fully saturated rings. The lowest BCUT2D eigenvalue weighted by Gasteiger charge is -2.02. The van der Waals surface area contributed by atoms with Gasteiger partial charge in [0.1, 0.15) is 17.3 Å². The minimum Gasteiger partial charge on any atom is -0.465 e. The monoisotopic (exact) mass is 268 g/mol. The molecular weight excluding hydrogens is 256 g/mol. The van der Waals surface area contributed by atoms with Gasteiger partial charge in [-0.1, -0.05) is 0 Å².